The predicted octanol–water partition coefficient (Wildman–Crippen LogP) is 1.78. The first-order chi connectivity index (χ1) is 11.8. The lowest BCUT2D eigenvalue weighted by atomic mass is 10.0. The van der Waals surface area contributed by atoms with Gasteiger partial charge in [0.2, 0.25) is 18.2 Å². The molecule has 0 aromatic rings. The number of amides is 2. The van der Waals surface area contributed by atoms with Gasteiger partial charge in [0.15, 0.2) is 11.8 Å². The molecule has 7 nitrogen and oxygen atoms in total. The number of ether oxygens (including phenoxy) is 2. The molecular weight excluding hydrogens is 383 g/mol. The first kappa shape index (κ1) is 24.2. The molecule has 1 unspecified atom stereocenters. The Labute approximate surface area is 159 Å². The molecule has 0 aliphatic rings. The average molecular weight is 412 g/mol. The van der Waals surface area contributed by atoms with Gasteiger partial charge in [-0.2, -0.15) is 0 Å². The zero-order valence-corrected chi connectivity index (χ0v) is 17.7. The Morgan fingerprint density at radius 1 is 1.16 bits per heavy atom. The maximum Gasteiger partial charge on any atom is 0.328 e. The van der Waals surface area contributed by atoms with Crippen LogP contribution in [-0.2, 0) is 35.7 Å². The third kappa shape index (κ3) is 12.3. The highest BCUT2D eigenvalue weighted by molar-refractivity contribution is 8.64. The molecule has 10 heteroatoms. The van der Waals surface area contributed by atoms with Crippen LogP contribution in [0.2, 0.25) is 0 Å². The number of carbonyl (C=O) groups is 3. The summed E-state index contributed by atoms with van der Waals surface area (Å²) in [6.07, 6.45) is 0.590. The molecule has 0 saturated heterocycles. The van der Waals surface area contributed by atoms with Crippen LogP contribution in [0, 0.1) is 5.92 Å². The SMILES string of the molecule is CCOC[P+](=S)SCC(=O)NCCC(=O)N[C@H](C(=O)OCC)C(C)C. The Morgan fingerprint density at radius 2 is 1.84 bits per heavy atom. The van der Waals surface area contributed by atoms with Gasteiger partial charge in [-0.05, 0) is 19.8 Å². The molecular formula is C15H28N2O5PS2+. The first-order valence-corrected chi connectivity index (χ1v) is 12.3. The van der Waals surface area contributed by atoms with Gasteiger partial charge >= 0.3 is 5.97 Å². The first-order valence-electron chi connectivity index (χ1n) is 8.19. The van der Waals surface area contributed by atoms with Gasteiger partial charge in [0.25, 0.3) is 5.90 Å². The molecule has 0 saturated carbocycles. The third-order valence-electron chi connectivity index (χ3n) is 2.94. The van der Waals surface area contributed by atoms with Gasteiger partial charge in [-0.25, -0.2) is 4.79 Å². The lowest BCUT2D eigenvalue weighted by molar-refractivity contribution is -0.148. The summed E-state index contributed by atoms with van der Waals surface area (Å²) in [5, 5.41) is 5.32. The Kier molecular flexibility index (Phi) is 14.0. The Hall–Kier alpha value is -0.760. The fourth-order valence-electron chi connectivity index (χ4n) is 1.68. The number of carbonyl (C=O) groups excluding carboxylic acids is 3. The smallest absolute Gasteiger partial charge is 0.328 e. The second kappa shape index (κ2) is 14.4. The molecule has 0 aliphatic carbocycles. The topological polar surface area (TPSA) is 93.7 Å². The quantitative estimate of drug-likeness (QED) is 0.352. The summed E-state index contributed by atoms with van der Waals surface area (Å²) >= 11 is 6.60. The standard InChI is InChI=1S/C15H27N2O5PS2/c1-5-21-10-23(24)25-9-13(19)16-8-7-12(18)17-14(11(3)4)15(20)22-6-2/h11,14H,5-10H2,1-4H3,(H-,16,17,18,19)/p+1/t14-/m0/s1. The van der Waals surface area contributed by atoms with E-state index in [4.69, 9.17) is 21.3 Å². The Bertz CT molecular complexity index is 463. The molecule has 2 amide bonds. The molecule has 0 radical (unpaired) electrons. The zero-order valence-electron chi connectivity index (χ0n) is 15.2. The van der Waals surface area contributed by atoms with E-state index < -0.39 is 17.9 Å². The Morgan fingerprint density at radius 3 is 2.40 bits per heavy atom. The maximum atomic E-state index is 11.9. The van der Waals surface area contributed by atoms with Gasteiger partial charge in [-0.1, -0.05) is 13.8 Å². The number of nitrogens with one attached hydrogen (secondary N) is 2. The van der Waals surface area contributed by atoms with E-state index in [0.29, 0.717) is 13.0 Å². The molecule has 25 heavy (non-hydrogen) atoms. The van der Waals surface area contributed by atoms with E-state index in [1.54, 1.807) is 6.92 Å². The van der Waals surface area contributed by atoms with Crippen LogP contribution in [0.4, 0.5) is 0 Å². The average Bonchev–Trinajstić information content (AvgIpc) is 2.55. The highest BCUT2D eigenvalue weighted by Crippen LogP contribution is 2.37. The fourth-order valence-corrected chi connectivity index (χ4v) is 4.37. The molecule has 2 N–H and O–H groups in total. The van der Waals surface area contributed by atoms with Gasteiger partial charge in [0.1, 0.15) is 23.2 Å². The molecule has 0 aromatic carbocycles. The van der Waals surface area contributed by atoms with Crippen molar-refractivity contribution in [2.75, 3.05) is 31.9 Å². The van der Waals surface area contributed by atoms with Crippen LogP contribution in [0.25, 0.3) is 0 Å². The lowest BCUT2D eigenvalue weighted by Gasteiger charge is -2.20. The van der Waals surface area contributed by atoms with Crippen LogP contribution in [-0.4, -0.2) is 55.7 Å². The number of rotatable bonds is 13. The van der Waals surface area contributed by atoms with E-state index in [-0.39, 0.29) is 43.1 Å². The molecule has 0 aliphatic heterocycles. The van der Waals surface area contributed by atoms with Crippen molar-refractivity contribution in [3.05, 3.63) is 0 Å². The van der Waals surface area contributed by atoms with Crippen molar-refractivity contribution >= 4 is 46.9 Å². The summed E-state index contributed by atoms with van der Waals surface area (Å²) in [5.74, 6) is -1.54. The van der Waals surface area contributed by atoms with E-state index in [1.165, 1.54) is 11.4 Å². The van der Waals surface area contributed by atoms with E-state index in [0.717, 1.165) is 0 Å². The summed E-state index contributed by atoms with van der Waals surface area (Å²) in [5.41, 5.74) is 0. The third-order valence-corrected chi connectivity index (χ3v) is 6.84. The van der Waals surface area contributed by atoms with Crippen molar-refractivity contribution in [1.29, 1.82) is 0 Å². The van der Waals surface area contributed by atoms with Crippen molar-refractivity contribution in [1.82, 2.24) is 10.6 Å². The van der Waals surface area contributed by atoms with Crippen molar-refractivity contribution < 1.29 is 23.9 Å². The highest BCUT2D eigenvalue weighted by atomic mass is 32.9. The van der Waals surface area contributed by atoms with Gasteiger partial charge in [0.05, 0.1) is 6.61 Å². The molecule has 2 atom stereocenters. The van der Waals surface area contributed by atoms with E-state index in [1.807, 2.05) is 20.8 Å². The molecule has 0 spiro atoms. The minimum Gasteiger partial charge on any atom is -0.464 e. The minimum absolute atomic E-state index is 0.0781. The van der Waals surface area contributed by atoms with Crippen LogP contribution < -0.4 is 10.6 Å². The zero-order chi connectivity index (χ0) is 19.2. The van der Waals surface area contributed by atoms with Gasteiger partial charge in [-0.3, -0.25) is 9.59 Å². The van der Waals surface area contributed by atoms with Crippen LogP contribution in [0.3, 0.4) is 0 Å². The van der Waals surface area contributed by atoms with Crippen LogP contribution in [0.1, 0.15) is 34.1 Å². The van der Waals surface area contributed by atoms with Crippen LogP contribution >= 0.6 is 17.3 Å². The Balaban J connectivity index is 4.06. The van der Waals surface area contributed by atoms with Crippen molar-refractivity contribution in [3.8, 4) is 0 Å². The maximum absolute atomic E-state index is 11.9. The second-order valence-electron chi connectivity index (χ2n) is 5.37. The summed E-state index contributed by atoms with van der Waals surface area (Å²) < 4.78 is 10.2. The molecule has 0 bridgehead atoms. The number of hydrogen-bond donors (Lipinski definition) is 2. The normalized spacial score (nSPS) is 12.4. The highest BCUT2D eigenvalue weighted by Gasteiger charge is 2.25. The molecule has 144 valence electrons. The summed E-state index contributed by atoms with van der Waals surface area (Å²) in [6, 6.07) is -0.680. The lowest BCUT2D eigenvalue weighted by Crippen LogP contribution is -2.46. The van der Waals surface area contributed by atoms with Crippen molar-refractivity contribution in [3.63, 3.8) is 0 Å². The van der Waals surface area contributed by atoms with Crippen LogP contribution in [0.15, 0.2) is 0 Å². The molecule has 0 aromatic heterocycles. The van der Waals surface area contributed by atoms with Gasteiger partial charge < -0.3 is 20.1 Å². The number of esters is 1. The predicted molar refractivity (Wildman–Crippen MR) is 104 cm³/mol. The van der Waals surface area contributed by atoms with Gasteiger partial charge in [0, 0.05) is 19.6 Å². The van der Waals surface area contributed by atoms with E-state index in [9.17, 15) is 14.4 Å². The van der Waals surface area contributed by atoms with E-state index >= 15 is 0 Å². The van der Waals surface area contributed by atoms with Crippen molar-refractivity contribution in [2.45, 2.75) is 40.2 Å². The molecule has 0 fully saturated rings. The number of hydrogen-bond acceptors (Lipinski definition) is 7. The summed E-state index contributed by atoms with van der Waals surface area (Å²) in [4.78, 5) is 35.4. The van der Waals surface area contributed by atoms with Crippen molar-refractivity contribution in [2.24, 2.45) is 5.92 Å². The minimum atomic E-state index is -0.790. The monoisotopic (exact) mass is 411 g/mol. The summed E-state index contributed by atoms with van der Waals surface area (Å²) in [6.45, 7) is 8.35. The second-order valence-corrected chi connectivity index (χ2v) is 11.0. The van der Waals surface area contributed by atoms with Gasteiger partial charge in [-0.15, -0.1) is 0 Å². The largest absolute Gasteiger partial charge is 0.464 e. The molecule has 0 rings (SSSR count). The van der Waals surface area contributed by atoms with E-state index in [2.05, 4.69) is 10.6 Å². The molecule has 0 heterocycles. The van der Waals surface area contributed by atoms with Crippen LogP contribution in [0.5, 0.6) is 0 Å². The fraction of sp³-hybridized carbons (Fsp3) is 0.800. The summed E-state index contributed by atoms with van der Waals surface area (Å²) in [7, 11) is 0.